The summed E-state index contributed by atoms with van der Waals surface area (Å²) < 4.78 is 37.8. The fraction of sp³-hybridized carbons (Fsp3) is 0.412. The number of hydrogen-bond acceptors (Lipinski definition) is 4. The fourth-order valence-electron chi connectivity index (χ4n) is 2.19. The van der Waals surface area contributed by atoms with E-state index in [9.17, 15) is 18.3 Å². The van der Waals surface area contributed by atoms with E-state index in [1.807, 2.05) is 13.8 Å². The standard InChI is InChI=1S/C17H20F3N3O/c1-11(2)15(10-24)22-9-14-7-8-21-16(23-14)12-3-5-13(6-4-12)17(18,19)20/h3-8,11,15,22,24H,9-10H2,1-2H3/t15-/m0/s1. The van der Waals surface area contributed by atoms with Gasteiger partial charge in [0, 0.05) is 24.3 Å². The van der Waals surface area contributed by atoms with Gasteiger partial charge in [0.15, 0.2) is 5.82 Å². The van der Waals surface area contributed by atoms with E-state index < -0.39 is 11.7 Å². The molecule has 24 heavy (non-hydrogen) atoms. The minimum Gasteiger partial charge on any atom is -0.395 e. The van der Waals surface area contributed by atoms with Gasteiger partial charge in [-0.2, -0.15) is 13.2 Å². The molecule has 0 saturated heterocycles. The van der Waals surface area contributed by atoms with Gasteiger partial charge in [-0.05, 0) is 24.1 Å². The maximum Gasteiger partial charge on any atom is 0.416 e. The van der Waals surface area contributed by atoms with Gasteiger partial charge in [-0.3, -0.25) is 0 Å². The highest BCUT2D eigenvalue weighted by atomic mass is 19.4. The summed E-state index contributed by atoms with van der Waals surface area (Å²) in [5, 5.41) is 12.5. The molecule has 0 aliphatic carbocycles. The van der Waals surface area contributed by atoms with Gasteiger partial charge < -0.3 is 10.4 Å². The molecule has 7 heteroatoms. The molecule has 0 unspecified atom stereocenters. The quantitative estimate of drug-likeness (QED) is 0.848. The Morgan fingerprint density at radius 1 is 1.12 bits per heavy atom. The number of halogens is 3. The minimum atomic E-state index is -4.36. The molecular formula is C17H20F3N3O. The second kappa shape index (κ2) is 7.72. The normalized spacial score (nSPS) is 13.3. The molecule has 0 saturated carbocycles. The molecule has 0 fully saturated rings. The van der Waals surface area contributed by atoms with Crippen LogP contribution in [0.2, 0.25) is 0 Å². The van der Waals surface area contributed by atoms with Crippen molar-refractivity contribution < 1.29 is 18.3 Å². The fourth-order valence-corrected chi connectivity index (χ4v) is 2.19. The monoisotopic (exact) mass is 339 g/mol. The molecule has 1 atom stereocenters. The third kappa shape index (κ3) is 4.75. The number of nitrogens with one attached hydrogen (secondary N) is 1. The lowest BCUT2D eigenvalue weighted by molar-refractivity contribution is -0.137. The first-order valence-electron chi connectivity index (χ1n) is 7.65. The van der Waals surface area contributed by atoms with Crippen LogP contribution in [0.1, 0.15) is 25.1 Å². The highest BCUT2D eigenvalue weighted by molar-refractivity contribution is 5.55. The first-order chi connectivity index (χ1) is 11.3. The Morgan fingerprint density at radius 3 is 2.33 bits per heavy atom. The summed E-state index contributed by atoms with van der Waals surface area (Å²) in [5.41, 5.74) is 0.526. The lowest BCUT2D eigenvalue weighted by Gasteiger charge is -2.19. The van der Waals surface area contributed by atoms with E-state index in [1.165, 1.54) is 12.1 Å². The Labute approximate surface area is 138 Å². The van der Waals surface area contributed by atoms with Crippen LogP contribution >= 0.6 is 0 Å². The molecule has 0 bridgehead atoms. The Hall–Kier alpha value is -1.99. The van der Waals surface area contributed by atoms with Crippen LogP contribution in [0.5, 0.6) is 0 Å². The zero-order valence-electron chi connectivity index (χ0n) is 13.5. The largest absolute Gasteiger partial charge is 0.416 e. The van der Waals surface area contributed by atoms with Gasteiger partial charge in [-0.15, -0.1) is 0 Å². The summed E-state index contributed by atoms with van der Waals surface area (Å²) >= 11 is 0. The Balaban J connectivity index is 2.12. The number of aliphatic hydroxyl groups is 1. The number of alkyl halides is 3. The second-order valence-corrected chi connectivity index (χ2v) is 5.86. The molecule has 0 amide bonds. The van der Waals surface area contributed by atoms with Crippen molar-refractivity contribution in [3.63, 3.8) is 0 Å². The lowest BCUT2D eigenvalue weighted by Crippen LogP contribution is -2.36. The van der Waals surface area contributed by atoms with Crippen LogP contribution in [0, 0.1) is 5.92 Å². The van der Waals surface area contributed by atoms with E-state index in [-0.39, 0.29) is 18.6 Å². The lowest BCUT2D eigenvalue weighted by atomic mass is 10.1. The van der Waals surface area contributed by atoms with Gasteiger partial charge in [-0.1, -0.05) is 26.0 Å². The van der Waals surface area contributed by atoms with Crippen molar-refractivity contribution in [3.8, 4) is 11.4 Å². The van der Waals surface area contributed by atoms with Crippen LogP contribution in [0.4, 0.5) is 13.2 Å². The van der Waals surface area contributed by atoms with Crippen LogP contribution in [0.3, 0.4) is 0 Å². The van der Waals surface area contributed by atoms with Crippen molar-refractivity contribution in [2.45, 2.75) is 32.6 Å². The summed E-state index contributed by atoms with van der Waals surface area (Å²) in [4.78, 5) is 8.48. The molecule has 1 aromatic heterocycles. The highest BCUT2D eigenvalue weighted by Crippen LogP contribution is 2.30. The second-order valence-electron chi connectivity index (χ2n) is 5.86. The summed E-state index contributed by atoms with van der Waals surface area (Å²) in [7, 11) is 0. The predicted octanol–water partition coefficient (Wildman–Crippen LogP) is 3.27. The molecule has 4 nitrogen and oxygen atoms in total. The van der Waals surface area contributed by atoms with Gasteiger partial charge in [0.1, 0.15) is 0 Å². The van der Waals surface area contributed by atoms with E-state index in [0.717, 1.165) is 12.1 Å². The van der Waals surface area contributed by atoms with Gasteiger partial charge in [0.25, 0.3) is 0 Å². The van der Waals surface area contributed by atoms with Gasteiger partial charge in [0.2, 0.25) is 0 Å². The van der Waals surface area contributed by atoms with Crippen LogP contribution < -0.4 is 5.32 Å². The molecule has 0 radical (unpaired) electrons. The Kier molecular flexibility index (Phi) is 5.90. The number of nitrogens with zero attached hydrogens (tertiary/aromatic N) is 2. The van der Waals surface area contributed by atoms with E-state index in [2.05, 4.69) is 15.3 Å². The van der Waals surface area contributed by atoms with Crippen molar-refractivity contribution in [1.82, 2.24) is 15.3 Å². The van der Waals surface area contributed by atoms with E-state index >= 15 is 0 Å². The highest BCUT2D eigenvalue weighted by Gasteiger charge is 2.30. The zero-order chi connectivity index (χ0) is 17.7. The summed E-state index contributed by atoms with van der Waals surface area (Å²) in [6.45, 7) is 4.47. The van der Waals surface area contributed by atoms with Gasteiger partial charge in [-0.25, -0.2) is 9.97 Å². The van der Waals surface area contributed by atoms with E-state index in [4.69, 9.17) is 0 Å². The number of aromatic nitrogens is 2. The number of aliphatic hydroxyl groups excluding tert-OH is 1. The van der Waals surface area contributed by atoms with Gasteiger partial charge in [0.05, 0.1) is 17.9 Å². The maximum atomic E-state index is 12.6. The predicted molar refractivity (Wildman–Crippen MR) is 85.0 cm³/mol. The van der Waals surface area contributed by atoms with Crippen LogP contribution in [0.25, 0.3) is 11.4 Å². The topological polar surface area (TPSA) is 58.0 Å². The summed E-state index contributed by atoms with van der Waals surface area (Å²) in [6, 6.07) is 6.44. The van der Waals surface area contributed by atoms with Crippen molar-refractivity contribution in [2.24, 2.45) is 5.92 Å². The van der Waals surface area contributed by atoms with Crippen LogP contribution in [0.15, 0.2) is 36.5 Å². The molecule has 0 spiro atoms. The third-order valence-corrected chi connectivity index (χ3v) is 3.73. The number of rotatable bonds is 6. The maximum absolute atomic E-state index is 12.6. The Bertz CT molecular complexity index is 657. The molecule has 1 aromatic carbocycles. The Morgan fingerprint density at radius 2 is 1.79 bits per heavy atom. The molecular weight excluding hydrogens is 319 g/mol. The molecule has 0 aliphatic heterocycles. The smallest absolute Gasteiger partial charge is 0.395 e. The van der Waals surface area contributed by atoms with E-state index in [0.29, 0.717) is 23.6 Å². The molecule has 130 valence electrons. The van der Waals surface area contributed by atoms with Crippen molar-refractivity contribution in [1.29, 1.82) is 0 Å². The summed E-state index contributed by atoms with van der Waals surface area (Å²) in [6.07, 6.45) is -2.79. The molecule has 2 rings (SSSR count). The van der Waals surface area contributed by atoms with Crippen molar-refractivity contribution >= 4 is 0 Å². The number of benzene rings is 1. The molecule has 2 N–H and O–H groups in total. The molecule has 2 aromatic rings. The van der Waals surface area contributed by atoms with Crippen molar-refractivity contribution in [2.75, 3.05) is 6.61 Å². The zero-order valence-corrected chi connectivity index (χ0v) is 13.5. The SMILES string of the molecule is CC(C)[C@H](CO)NCc1ccnc(-c2ccc(C(F)(F)F)cc2)n1. The average Bonchev–Trinajstić information content (AvgIpc) is 2.55. The minimum absolute atomic E-state index is 0.0223. The first kappa shape index (κ1) is 18.4. The number of hydrogen-bond donors (Lipinski definition) is 2. The van der Waals surface area contributed by atoms with Gasteiger partial charge >= 0.3 is 6.18 Å². The average molecular weight is 339 g/mol. The molecule has 0 aliphatic rings. The third-order valence-electron chi connectivity index (χ3n) is 3.73. The first-order valence-corrected chi connectivity index (χ1v) is 7.65. The summed E-state index contributed by atoms with van der Waals surface area (Å²) in [5.74, 6) is 0.638. The van der Waals surface area contributed by atoms with Crippen LogP contribution in [-0.4, -0.2) is 27.7 Å². The van der Waals surface area contributed by atoms with E-state index in [1.54, 1.807) is 12.3 Å². The van der Waals surface area contributed by atoms with Crippen molar-refractivity contribution in [3.05, 3.63) is 47.8 Å². The molecule has 1 heterocycles. The van der Waals surface area contributed by atoms with Crippen LogP contribution in [-0.2, 0) is 12.7 Å².